The number of pyridine rings is 1. The number of alkyl halides is 4. The quantitative estimate of drug-likeness (QED) is 0.795. The van der Waals surface area contributed by atoms with Gasteiger partial charge in [-0.25, -0.2) is 4.98 Å². The van der Waals surface area contributed by atoms with Crippen molar-refractivity contribution in [1.82, 2.24) is 4.98 Å². The van der Waals surface area contributed by atoms with E-state index in [0.29, 0.717) is 17.7 Å². The van der Waals surface area contributed by atoms with Crippen LogP contribution in [0.2, 0.25) is 0 Å². The van der Waals surface area contributed by atoms with E-state index in [4.69, 9.17) is 4.74 Å². The van der Waals surface area contributed by atoms with E-state index in [1.807, 2.05) is 0 Å². The van der Waals surface area contributed by atoms with Gasteiger partial charge in [0.25, 0.3) is 0 Å². The van der Waals surface area contributed by atoms with E-state index in [1.54, 1.807) is 0 Å². The lowest BCUT2D eigenvalue weighted by Crippen LogP contribution is -2.09. The fourth-order valence-corrected chi connectivity index (χ4v) is 1.17. The molecule has 0 radical (unpaired) electrons. The van der Waals surface area contributed by atoms with Crippen LogP contribution in [-0.4, -0.2) is 16.9 Å². The Labute approximate surface area is 93.6 Å². The highest BCUT2D eigenvalue weighted by Crippen LogP contribution is 2.29. The van der Waals surface area contributed by atoms with E-state index in [2.05, 4.69) is 20.9 Å². The molecule has 84 valence electrons. The van der Waals surface area contributed by atoms with Crippen LogP contribution in [0.4, 0.5) is 13.2 Å². The molecule has 0 atom stereocenters. The van der Waals surface area contributed by atoms with Crippen molar-refractivity contribution >= 4 is 15.9 Å². The summed E-state index contributed by atoms with van der Waals surface area (Å²) in [5.41, 5.74) is -0.656. The van der Waals surface area contributed by atoms with Crippen LogP contribution in [-0.2, 0) is 6.18 Å². The molecular formula is C9H9BrF3NO. The zero-order valence-corrected chi connectivity index (χ0v) is 9.52. The highest BCUT2D eigenvalue weighted by atomic mass is 79.9. The third-order valence-corrected chi connectivity index (χ3v) is 1.99. The summed E-state index contributed by atoms with van der Waals surface area (Å²) in [7, 11) is 0. The number of hydrogen-bond donors (Lipinski definition) is 0. The molecule has 1 heterocycles. The largest absolute Gasteiger partial charge is 0.491 e. The van der Waals surface area contributed by atoms with Crippen LogP contribution < -0.4 is 4.74 Å². The van der Waals surface area contributed by atoms with E-state index >= 15 is 0 Å². The first-order valence-electron chi connectivity index (χ1n) is 4.18. The van der Waals surface area contributed by atoms with Crippen molar-refractivity contribution in [3.8, 4) is 5.75 Å². The zero-order chi connectivity index (χ0) is 11.5. The van der Waals surface area contributed by atoms with Crippen LogP contribution in [0.5, 0.6) is 5.75 Å². The number of aromatic nitrogens is 1. The van der Waals surface area contributed by atoms with Crippen LogP contribution in [0, 0.1) is 6.92 Å². The van der Waals surface area contributed by atoms with Gasteiger partial charge >= 0.3 is 6.18 Å². The van der Waals surface area contributed by atoms with Gasteiger partial charge in [0.05, 0.1) is 12.3 Å². The Hall–Kier alpha value is -0.780. The fourth-order valence-electron chi connectivity index (χ4n) is 1.01. The second-order valence-corrected chi connectivity index (χ2v) is 3.61. The van der Waals surface area contributed by atoms with Gasteiger partial charge in [0.2, 0.25) is 0 Å². The summed E-state index contributed by atoms with van der Waals surface area (Å²) >= 11 is 3.15. The molecule has 1 aromatic heterocycles. The van der Waals surface area contributed by atoms with E-state index in [0.717, 1.165) is 6.07 Å². The molecule has 15 heavy (non-hydrogen) atoms. The minimum absolute atomic E-state index is 0.241. The van der Waals surface area contributed by atoms with Crippen molar-refractivity contribution < 1.29 is 17.9 Å². The van der Waals surface area contributed by atoms with E-state index in [9.17, 15) is 13.2 Å². The predicted molar refractivity (Wildman–Crippen MR) is 53.3 cm³/mol. The predicted octanol–water partition coefficient (Wildman–Crippen LogP) is 3.18. The molecule has 0 N–H and O–H groups in total. The SMILES string of the molecule is Cc1nc(C(F)(F)F)ccc1OCCBr. The van der Waals surface area contributed by atoms with Crippen molar-refractivity contribution in [1.29, 1.82) is 0 Å². The minimum Gasteiger partial charge on any atom is -0.491 e. The Morgan fingerprint density at radius 3 is 2.53 bits per heavy atom. The summed E-state index contributed by atoms with van der Waals surface area (Å²) in [5.74, 6) is 0.377. The topological polar surface area (TPSA) is 22.1 Å². The van der Waals surface area contributed by atoms with Gasteiger partial charge in [0.15, 0.2) is 0 Å². The maximum Gasteiger partial charge on any atom is 0.433 e. The zero-order valence-electron chi connectivity index (χ0n) is 7.94. The number of nitrogens with zero attached hydrogens (tertiary/aromatic N) is 1. The van der Waals surface area contributed by atoms with Crippen LogP contribution >= 0.6 is 15.9 Å². The van der Waals surface area contributed by atoms with Gasteiger partial charge in [-0.2, -0.15) is 13.2 Å². The molecule has 0 bridgehead atoms. The van der Waals surface area contributed by atoms with Gasteiger partial charge in [-0.15, -0.1) is 0 Å². The molecule has 1 rings (SSSR count). The molecule has 0 fully saturated rings. The van der Waals surface area contributed by atoms with Crippen LogP contribution in [0.25, 0.3) is 0 Å². The summed E-state index contributed by atoms with van der Waals surface area (Å²) in [6.07, 6.45) is -4.40. The average molecular weight is 284 g/mol. The Morgan fingerprint density at radius 1 is 1.40 bits per heavy atom. The Bertz CT molecular complexity index is 341. The lowest BCUT2D eigenvalue weighted by atomic mass is 10.3. The molecule has 0 aromatic carbocycles. The number of halogens is 4. The van der Waals surface area contributed by atoms with Gasteiger partial charge in [-0.05, 0) is 19.1 Å². The molecule has 0 saturated carbocycles. The van der Waals surface area contributed by atoms with Crippen LogP contribution in [0.3, 0.4) is 0 Å². The molecule has 0 amide bonds. The molecular weight excluding hydrogens is 275 g/mol. The first-order valence-corrected chi connectivity index (χ1v) is 5.31. The molecule has 0 aliphatic carbocycles. The van der Waals surface area contributed by atoms with Gasteiger partial charge in [0, 0.05) is 5.33 Å². The molecule has 6 heteroatoms. The molecule has 0 unspecified atom stereocenters. The van der Waals surface area contributed by atoms with Crippen molar-refractivity contribution in [2.45, 2.75) is 13.1 Å². The van der Waals surface area contributed by atoms with Crippen molar-refractivity contribution in [2.24, 2.45) is 0 Å². The van der Waals surface area contributed by atoms with E-state index in [1.165, 1.54) is 13.0 Å². The van der Waals surface area contributed by atoms with Gasteiger partial charge in [0.1, 0.15) is 11.4 Å². The smallest absolute Gasteiger partial charge is 0.433 e. The van der Waals surface area contributed by atoms with Crippen molar-refractivity contribution in [3.05, 3.63) is 23.5 Å². The maximum absolute atomic E-state index is 12.2. The highest BCUT2D eigenvalue weighted by Gasteiger charge is 2.32. The Morgan fingerprint density at radius 2 is 2.07 bits per heavy atom. The Kier molecular flexibility index (Phi) is 3.96. The third-order valence-electron chi connectivity index (χ3n) is 1.66. The Balaban J connectivity index is 2.88. The molecule has 2 nitrogen and oxygen atoms in total. The molecule has 0 aliphatic heterocycles. The average Bonchev–Trinajstić information content (AvgIpc) is 2.14. The third kappa shape index (κ3) is 3.37. The summed E-state index contributed by atoms with van der Waals surface area (Å²) < 4.78 is 41.9. The molecule has 0 saturated heterocycles. The second-order valence-electron chi connectivity index (χ2n) is 2.82. The fraction of sp³-hybridized carbons (Fsp3) is 0.444. The van der Waals surface area contributed by atoms with E-state index < -0.39 is 11.9 Å². The monoisotopic (exact) mass is 283 g/mol. The van der Waals surface area contributed by atoms with Crippen LogP contribution in [0.15, 0.2) is 12.1 Å². The number of ether oxygens (including phenoxy) is 1. The number of aryl methyl sites for hydroxylation is 1. The van der Waals surface area contributed by atoms with Crippen LogP contribution in [0.1, 0.15) is 11.4 Å². The molecule has 1 aromatic rings. The number of rotatable bonds is 3. The second kappa shape index (κ2) is 4.83. The summed E-state index contributed by atoms with van der Waals surface area (Å²) in [6.45, 7) is 1.88. The first-order chi connectivity index (χ1) is 6.95. The minimum atomic E-state index is -4.40. The van der Waals surface area contributed by atoms with Gasteiger partial charge < -0.3 is 4.74 Å². The van der Waals surface area contributed by atoms with Crippen molar-refractivity contribution in [3.63, 3.8) is 0 Å². The highest BCUT2D eigenvalue weighted by molar-refractivity contribution is 9.09. The lowest BCUT2D eigenvalue weighted by molar-refractivity contribution is -0.141. The maximum atomic E-state index is 12.2. The normalized spacial score (nSPS) is 11.5. The summed E-state index contributed by atoms with van der Waals surface area (Å²) in [5, 5.41) is 0.619. The van der Waals surface area contributed by atoms with Crippen molar-refractivity contribution in [2.75, 3.05) is 11.9 Å². The summed E-state index contributed by atoms with van der Waals surface area (Å²) in [4.78, 5) is 3.43. The molecule has 0 aliphatic rings. The standard InChI is InChI=1S/C9H9BrF3NO/c1-6-7(15-5-4-10)2-3-8(14-6)9(11,12)13/h2-3H,4-5H2,1H3. The summed E-state index contributed by atoms with van der Waals surface area (Å²) in [6, 6.07) is 2.20. The molecule has 0 spiro atoms. The van der Waals surface area contributed by atoms with E-state index in [-0.39, 0.29) is 5.69 Å². The number of hydrogen-bond acceptors (Lipinski definition) is 2. The lowest BCUT2D eigenvalue weighted by Gasteiger charge is -2.10. The van der Waals surface area contributed by atoms with Gasteiger partial charge in [-0.1, -0.05) is 15.9 Å². The first kappa shape index (κ1) is 12.3. The van der Waals surface area contributed by atoms with Gasteiger partial charge in [-0.3, -0.25) is 0 Å².